The van der Waals surface area contributed by atoms with Crippen LogP contribution in [-0.2, 0) is 0 Å². The van der Waals surface area contributed by atoms with Gasteiger partial charge in [0.2, 0.25) is 0 Å². The fourth-order valence-electron chi connectivity index (χ4n) is 3.51. The van der Waals surface area contributed by atoms with Crippen LogP contribution in [0.1, 0.15) is 32.6 Å². The van der Waals surface area contributed by atoms with Crippen LogP contribution in [0.5, 0.6) is 0 Å². The lowest BCUT2D eigenvalue weighted by Crippen LogP contribution is -2.82. The van der Waals surface area contributed by atoms with Crippen molar-refractivity contribution in [3.63, 3.8) is 0 Å². The monoisotopic (exact) mass is 152 g/mol. The van der Waals surface area contributed by atoms with Gasteiger partial charge in [0.15, 0.2) is 0 Å². The molecule has 3 aliphatic rings. The van der Waals surface area contributed by atoms with Crippen LogP contribution in [0.3, 0.4) is 0 Å². The quantitative estimate of drug-likeness (QED) is 0.554. The van der Waals surface area contributed by atoms with E-state index in [9.17, 15) is 0 Å². The standard InChI is InChI=1S/C9H16N2/c1-9-4-6-2-3-7(10)8(5-9)11(6)9/h6-8H,2-5,10H2,1H3. The van der Waals surface area contributed by atoms with Gasteiger partial charge in [-0.2, -0.15) is 0 Å². The Balaban J connectivity index is 1.85. The summed E-state index contributed by atoms with van der Waals surface area (Å²) >= 11 is 0. The molecule has 2 N–H and O–H groups in total. The summed E-state index contributed by atoms with van der Waals surface area (Å²) in [6, 6.07) is 2.16. The summed E-state index contributed by atoms with van der Waals surface area (Å²) in [7, 11) is 0. The van der Waals surface area contributed by atoms with Crippen molar-refractivity contribution in [1.29, 1.82) is 0 Å². The molecule has 0 aliphatic carbocycles. The molecule has 11 heavy (non-hydrogen) atoms. The van der Waals surface area contributed by atoms with Crippen LogP contribution in [-0.4, -0.2) is 28.6 Å². The minimum absolute atomic E-state index is 0.486. The zero-order chi connectivity index (χ0) is 7.64. The zero-order valence-electron chi connectivity index (χ0n) is 7.09. The Kier molecular flexibility index (Phi) is 0.961. The molecule has 4 atom stereocenters. The van der Waals surface area contributed by atoms with Crippen LogP contribution in [0.15, 0.2) is 0 Å². The molecule has 3 heterocycles. The third-order valence-electron chi connectivity index (χ3n) is 4.03. The second-order valence-corrected chi connectivity index (χ2v) is 4.77. The number of hydrogen-bond acceptors (Lipinski definition) is 2. The first-order valence-electron chi connectivity index (χ1n) is 4.75. The average molecular weight is 152 g/mol. The summed E-state index contributed by atoms with van der Waals surface area (Å²) < 4.78 is 0. The lowest BCUT2D eigenvalue weighted by atomic mass is 9.60. The van der Waals surface area contributed by atoms with Gasteiger partial charge in [-0.15, -0.1) is 0 Å². The van der Waals surface area contributed by atoms with Gasteiger partial charge in [-0.25, -0.2) is 0 Å². The first kappa shape index (κ1) is 6.44. The average Bonchev–Trinajstić information content (AvgIpc) is 1.93. The van der Waals surface area contributed by atoms with E-state index in [2.05, 4.69) is 11.8 Å². The predicted molar refractivity (Wildman–Crippen MR) is 44.3 cm³/mol. The number of nitrogens with zero attached hydrogens (tertiary/aromatic N) is 1. The molecule has 0 amide bonds. The van der Waals surface area contributed by atoms with Gasteiger partial charge in [0.1, 0.15) is 0 Å². The molecule has 2 heteroatoms. The summed E-state index contributed by atoms with van der Waals surface area (Å²) in [5, 5.41) is 0. The predicted octanol–water partition coefficient (Wildman–Crippen LogP) is 0.713. The molecule has 2 nitrogen and oxygen atoms in total. The Morgan fingerprint density at radius 1 is 1.36 bits per heavy atom. The second-order valence-electron chi connectivity index (χ2n) is 4.77. The van der Waals surface area contributed by atoms with Crippen LogP contribution in [0.4, 0.5) is 0 Å². The fraction of sp³-hybridized carbons (Fsp3) is 1.00. The van der Waals surface area contributed by atoms with Gasteiger partial charge in [0.25, 0.3) is 0 Å². The van der Waals surface area contributed by atoms with Crippen molar-refractivity contribution in [3.05, 3.63) is 0 Å². The summed E-state index contributed by atoms with van der Waals surface area (Å²) in [4.78, 5) is 2.67. The summed E-state index contributed by atoms with van der Waals surface area (Å²) in [5.74, 6) is 0. The zero-order valence-corrected chi connectivity index (χ0v) is 7.09. The van der Waals surface area contributed by atoms with E-state index in [0.717, 1.165) is 12.1 Å². The lowest BCUT2D eigenvalue weighted by Gasteiger charge is -2.73. The smallest absolute Gasteiger partial charge is 0.0273 e. The van der Waals surface area contributed by atoms with Crippen LogP contribution in [0.2, 0.25) is 0 Å². The van der Waals surface area contributed by atoms with Gasteiger partial charge in [0, 0.05) is 23.7 Å². The highest BCUT2D eigenvalue weighted by atomic mass is 15.4. The third-order valence-corrected chi connectivity index (χ3v) is 4.03. The molecule has 0 radical (unpaired) electrons. The van der Waals surface area contributed by atoms with E-state index in [-0.39, 0.29) is 0 Å². The van der Waals surface area contributed by atoms with E-state index < -0.39 is 0 Å². The SMILES string of the molecule is CC12CC3CCC(N)C(C1)N32. The van der Waals surface area contributed by atoms with Crippen LogP contribution >= 0.6 is 0 Å². The van der Waals surface area contributed by atoms with E-state index in [1.165, 1.54) is 25.7 Å². The van der Waals surface area contributed by atoms with Crippen molar-refractivity contribution in [1.82, 2.24) is 4.90 Å². The van der Waals surface area contributed by atoms with Gasteiger partial charge >= 0.3 is 0 Å². The molecule has 0 saturated carbocycles. The normalized spacial score (nSPS) is 61.1. The maximum atomic E-state index is 6.02. The van der Waals surface area contributed by atoms with E-state index in [1.54, 1.807) is 0 Å². The van der Waals surface area contributed by atoms with E-state index in [0.29, 0.717) is 11.6 Å². The number of nitrogens with two attached hydrogens (primary N) is 1. The number of piperidine rings is 2. The van der Waals surface area contributed by atoms with Gasteiger partial charge in [-0.3, -0.25) is 4.90 Å². The van der Waals surface area contributed by atoms with Gasteiger partial charge in [0.05, 0.1) is 0 Å². The topological polar surface area (TPSA) is 29.3 Å². The highest BCUT2D eigenvalue weighted by Gasteiger charge is 2.62. The van der Waals surface area contributed by atoms with Crippen molar-refractivity contribution in [2.75, 3.05) is 0 Å². The molecular formula is C9H16N2. The maximum Gasteiger partial charge on any atom is 0.0273 e. The molecule has 3 fully saturated rings. The molecule has 4 unspecified atom stereocenters. The Morgan fingerprint density at radius 2 is 2.18 bits per heavy atom. The Labute approximate surface area is 67.7 Å². The van der Waals surface area contributed by atoms with Crippen LogP contribution in [0.25, 0.3) is 0 Å². The third kappa shape index (κ3) is 0.574. The molecule has 62 valence electrons. The Morgan fingerprint density at radius 3 is 2.82 bits per heavy atom. The van der Waals surface area contributed by atoms with E-state index >= 15 is 0 Å². The van der Waals surface area contributed by atoms with Crippen molar-refractivity contribution in [2.45, 2.75) is 56.3 Å². The summed E-state index contributed by atoms with van der Waals surface area (Å²) in [5.41, 5.74) is 6.61. The molecular weight excluding hydrogens is 136 g/mol. The molecule has 3 saturated heterocycles. The van der Waals surface area contributed by atoms with Crippen molar-refractivity contribution >= 4 is 0 Å². The van der Waals surface area contributed by atoms with Crippen molar-refractivity contribution in [3.8, 4) is 0 Å². The second kappa shape index (κ2) is 1.64. The maximum absolute atomic E-state index is 6.02. The Bertz CT molecular complexity index is 204. The van der Waals surface area contributed by atoms with Gasteiger partial charge in [-0.1, -0.05) is 0 Å². The first-order chi connectivity index (χ1) is 5.21. The van der Waals surface area contributed by atoms with E-state index in [4.69, 9.17) is 5.73 Å². The first-order valence-corrected chi connectivity index (χ1v) is 4.75. The summed E-state index contributed by atoms with van der Waals surface area (Å²) in [6.07, 6.45) is 5.43. The fourth-order valence-corrected chi connectivity index (χ4v) is 3.51. The molecule has 3 rings (SSSR count). The van der Waals surface area contributed by atoms with Gasteiger partial charge in [-0.05, 0) is 32.6 Å². The van der Waals surface area contributed by atoms with E-state index in [1.807, 2.05) is 0 Å². The molecule has 0 aromatic heterocycles. The minimum Gasteiger partial charge on any atom is -0.326 e. The molecule has 0 bridgehead atoms. The van der Waals surface area contributed by atoms with Crippen molar-refractivity contribution < 1.29 is 0 Å². The lowest BCUT2D eigenvalue weighted by molar-refractivity contribution is -0.214. The molecule has 0 aromatic rings. The highest BCUT2D eigenvalue weighted by molar-refractivity contribution is 5.19. The van der Waals surface area contributed by atoms with Gasteiger partial charge < -0.3 is 5.73 Å². The summed E-state index contributed by atoms with van der Waals surface area (Å²) in [6.45, 7) is 2.39. The largest absolute Gasteiger partial charge is 0.326 e. The van der Waals surface area contributed by atoms with Crippen LogP contribution < -0.4 is 5.73 Å². The minimum atomic E-state index is 0.486. The molecule has 0 aromatic carbocycles. The number of hydrogen-bond donors (Lipinski definition) is 1. The number of rotatable bonds is 0. The molecule has 3 aliphatic heterocycles. The van der Waals surface area contributed by atoms with Crippen LogP contribution in [0, 0.1) is 0 Å². The molecule has 0 spiro atoms. The Hall–Kier alpha value is -0.0800. The van der Waals surface area contributed by atoms with Crippen molar-refractivity contribution in [2.24, 2.45) is 5.73 Å². The highest BCUT2D eigenvalue weighted by Crippen LogP contribution is 2.55.